The van der Waals surface area contributed by atoms with Crippen LogP contribution in [-0.4, -0.2) is 12.4 Å². The average molecular weight is 125 g/mol. The Morgan fingerprint density at radius 2 is 2.44 bits per heavy atom. The third-order valence-electron chi connectivity index (χ3n) is 1.29. The molecule has 3 heteroatoms. The Balaban J connectivity index is 2.35. The Kier molecular flexibility index (Phi) is 1.85. The van der Waals surface area contributed by atoms with Gasteiger partial charge in [0.2, 0.25) is 0 Å². The molecule has 9 heavy (non-hydrogen) atoms. The number of aliphatic imine (C=N–C) groups is 1. The molecular formula is C6H11N3. The van der Waals surface area contributed by atoms with E-state index in [1.54, 1.807) is 0 Å². The lowest BCUT2D eigenvalue weighted by molar-refractivity contribution is 0.935. The maximum absolute atomic E-state index is 5.41. The molecule has 0 spiro atoms. The van der Waals surface area contributed by atoms with Crippen LogP contribution in [0.5, 0.6) is 0 Å². The molecule has 0 atom stereocenters. The highest BCUT2D eigenvalue weighted by atomic mass is 14.9. The second-order valence-corrected chi connectivity index (χ2v) is 2.12. The summed E-state index contributed by atoms with van der Waals surface area (Å²) in [4.78, 5) is 3.91. The Bertz CT molecular complexity index is 158. The Morgan fingerprint density at radius 3 is 2.89 bits per heavy atom. The topological polar surface area (TPSA) is 64.4 Å². The van der Waals surface area contributed by atoms with Crippen molar-refractivity contribution in [1.82, 2.24) is 0 Å². The van der Waals surface area contributed by atoms with Crippen LogP contribution in [0.15, 0.2) is 16.8 Å². The van der Waals surface area contributed by atoms with E-state index in [9.17, 15) is 0 Å². The van der Waals surface area contributed by atoms with Gasteiger partial charge in [-0.2, -0.15) is 0 Å². The van der Waals surface area contributed by atoms with E-state index in [0.29, 0.717) is 12.4 Å². The van der Waals surface area contributed by atoms with Crippen molar-refractivity contribution in [2.45, 2.75) is 12.8 Å². The van der Waals surface area contributed by atoms with Crippen LogP contribution in [0.2, 0.25) is 0 Å². The fourth-order valence-electron chi connectivity index (χ4n) is 0.836. The first kappa shape index (κ1) is 6.29. The summed E-state index contributed by atoms with van der Waals surface area (Å²) in [6.07, 6.45) is 3.55. The highest BCUT2D eigenvalue weighted by molar-refractivity contribution is 5.85. The van der Waals surface area contributed by atoms with E-state index < -0.39 is 0 Å². The van der Waals surface area contributed by atoms with Crippen molar-refractivity contribution in [2.75, 3.05) is 6.54 Å². The number of amidine groups is 1. The quantitative estimate of drug-likeness (QED) is 0.544. The van der Waals surface area contributed by atoms with E-state index in [1.807, 2.05) is 6.20 Å². The lowest BCUT2D eigenvalue weighted by atomic mass is 10.1. The molecule has 1 aliphatic heterocycles. The van der Waals surface area contributed by atoms with Gasteiger partial charge in [-0.05, 0) is 18.5 Å². The normalized spacial score (nSPS) is 17.4. The molecule has 0 amide bonds. The molecule has 0 aliphatic carbocycles. The molecule has 0 fully saturated rings. The van der Waals surface area contributed by atoms with Crippen LogP contribution < -0.4 is 11.5 Å². The number of rotatable bonds is 2. The largest absolute Gasteiger partial charge is 0.387 e. The first-order valence-electron chi connectivity index (χ1n) is 3.03. The molecule has 0 aromatic rings. The molecule has 0 bridgehead atoms. The maximum atomic E-state index is 5.41. The fourth-order valence-corrected chi connectivity index (χ4v) is 0.836. The smallest absolute Gasteiger partial charge is 0.103 e. The Labute approximate surface area is 54.4 Å². The van der Waals surface area contributed by atoms with Crippen molar-refractivity contribution in [2.24, 2.45) is 16.5 Å². The lowest BCUT2D eigenvalue weighted by Gasteiger charge is -1.94. The van der Waals surface area contributed by atoms with Crippen LogP contribution in [0.1, 0.15) is 12.8 Å². The molecule has 4 N–H and O–H groups in total. The number of nitrogens with zero attached hydrogens (tertiary/aromatic N) is 1. The van der Waals surface area contributed by atoms with E-state index in [0.717, 1.165) is 12.8 Å². The van der Waals surface area contributed by atoms with Crippen molar-refractivity contribution in [3.05, 3.63) is 11.8 Å². The molecular weight excluding hydrogens is 114 g/mol. The first-order chi connectivity index (χ1) is 4.33. The minimum Gasteiger partial charge on any atom is -0.387 e. The van der Waals surface area contributed by atoms with Gasteiger partial charge in [-0.1, -0.05) is 0 Å². The van der Waals surface area contributed by atoms with E-state index in [-0.39, 0.29) is 0 Å². The second-order valence-electron chi connectivity index (χ2n) is 2.12. The van der Waals surface area contributed by atoms with Crippen molar-refractivity contribution in [3.8, 4) is 0 Å². The summed E-state index contributed by atoms with van der Waals surface area (Å²) < 4.78 is 0. The number of hydrogen-bond acceptors (Lipinski definition) is 3. The third-order valence-corrected chi connectivity index (χ3v) is 1.29. The van der Waals surface area contributed by atoms with Crippen molar-refractivity contribution in [3.63, 3.8) is 0 Å². The van der Waals surface area contributed by atoms with Gasteiger partial charge >= 0.3 is 0 Å². The zero-order valence-corrected chi connectivity index (χ0v) is 5.30. The van der Waals surface area contributed by atoms with Gasteiger partial charge < -0.3 is 11.5 Å². The number of hydrogen-bond donors (Lipinski definition) is 2. The minimum atomic E-state index is 0.689. The summed E-state index contributed by atoms with van der Waals surface area (Å²) in [5.74, 6) is 0.707. The predicted octanol–water partition coefficient (Wildman–Crippen LogP) is -0.0200. The van der Waals surface area contributed by atoms with Crippen molar-refractivity contribution in [1.29, 1.82) is 0 Å². The summed E-state index contributed by atoms with van der Waals surface area (Å²) in [7, 11) is 0. The van der Waals surface area contributed by atoms with Crippen LogP contribution >= 0.6 is 0 Å². The molecule has 0 aromatic carbocycles. The molecule has 0 aromatic heterocycles. The molecule has 3 nitrogen and oxygen atoms in total. The van der Waals surface area contributed by atoms with Crippen molar-refractivity contribution < 1.29 is 0 Å². The van der Waals surface area contributed by atoms with E-state index in [4.69, 9.17) is 11.5 Å². The van der Waals surface area contributed by atoms with Crippen LogP contribution in [0.4, 0.5) is 0 Å². The average Bonchev–Trinajstić information content (AvgIpc) is 2.17. The summed E-state index contributed by atoms with van der Waals surface area (Å²) in [6, 6.07) is 0. The minimum absolute atomic E-state index is 0.689. The van der Waals surface area contributed by atoms with E-state index >= 15 is 0 Å². The van der Waals surface area contributed by atoms with Gasteiger partial charge in [0.25, 0.3) is 0 Å². The van der Waals surface area contributed by atoms with Gasteiger partial charge in [0.1, 0.15) is 5.84 Å². The van der Waals surface area contributed by atoms with Gasteiger partial charge in [0, 0.05) is 12.6 Å². The van der Waals surface area contributed by atoms with Gasteiger partial charge in [-0.25, -0.2) is 4.99 Å². The van der Waals surface area contributed by atoms with Gasteiger partial charge in [-0.3, -0.25) is 0 Å². The zero-order valence-electron chi connectivity index (χ0n) is 5.30. The maximum Gasteiger partial charge on any atom is 0.103 e. The highest BCUT2D eigenvalue weighted by Crippen LogP contribution is 2.11. The van der Waals surface area contributed by atoms with Crippen LogP contribution in [0.3, 0.4) is 0 Å². The van der Waals surface area contributed by atoms with E-state index in [1.165, 1.54) is 5.57 Å². The monoisotopic (exact) mass is 125 g/mol. The molecule has 0 radical (unpaired) electrons. The highest BCUT2D eigenvalue weighted by Gasteiger charge is 2.04. The molecule has 0 unspecified atom stereocenters. The van der Waals surface area contributed by atoms with Gasteiger partial charge in [-0.15, -0.1) is 0 Å². The molecule has 0 saturated heterocycles. The van der Waals surface area contributed by atoms with Crippen LogP contribution in [0, 0.1) is 0 Å². The van der Waals surface area contributed by atoms with Crippen LogP contribution in [-0.2, 0) is 0 Å². The molecule has 1 aliphatic rings. The lowest BCUT2D eigenvalue weighted by Crippen LogP contribution is -2.09. The summed E-state index contributed by atoms with van der Waals surface area (Å²) in [6.45, 7) is 0.689. The zero-order chi connectivity index (χ0) is 6.69. The second kappa shape index (κ2) is 2.64. The predicted molar refractivity (Wildman–Crippen MR) is 38.0 cm³/mol. The fraction of sp³-hybridized carbons (Fsp3) is 0.500. The summed E-state index contributed by atoms with van der Waals surface area (Å²) in [5.41, 5.74) is 12.0. The standard InChI is InChI=1S/C6H11N3/c7-2-1-5-3-6(8)9-4-5/h4H,1-3,7H2,(H2,8,9). The molecule has 1 rings (SSSR count). The summed E-state index contributed by atoms with van der Waals surface area (Å²) >= 11 is 0. The van der Waals surface area contributed by atoms with Crippen LogP contribution in [0.25, 0.3) is 0 Å². The third kappa shape index (κ3) is 1.54. The Morgan fingerprint density at radius 1 is 1.67 bits per heavy atom. The van der Waals surface area contributed by atoms with Gasteiger partial charge in [0.05, 0.1) is 0 Å². The molecule has 50 valence electrons. The van der Waals surface area contributed by atoms with Gasteiger partial charge in [0.15, 0.2) is 0 Å². The first-order valence-corrected chi connectivity index (χ1v) is 3.03. The van der Waals surface area contributed by atoms with Crippen molar-refractivity contribution >= 4 is 5.84 Å². The van der Waals surface area contributed by atoms with E-state index in [2.05, 4.69) is 4.99 Å². The number of nitrogens with two attached hydrogens (primary N) is 2. The summed E-state index contributed by atoms with van der Waals surface area (Å²) in [5, 5.41) is 0. The molecule has 1 heterocycles. The SMILES string of the molecule is NCCC1=CN=C(N)C1. The molecule has 0 saturated carbocycles. The Hall–Kier alpha value is -0.830.